The summed E-state index contributed by atoms with van der Waals surface area (Å²) in [5.74, 6) is -1.32. The van der Waals surface area contributed by atoms with Gasteiger partial charge in [0.25, 0.3) is 21.8 Å². The van der Waals surface area contributed by atoms with Crippen LogP contribution in [-0.2, 0) is 21.2 Å². The molecule has 0 atom stereocenters. The van der Waals surface area contributed by atoms with Gasteiger partial charge in [-0.05, 0) is 61.2 Å². The van der Waals surface area contributed by atoms with Crippen LogP contribution in [-0.4, -0.2) is 50.2 Å². The maximum atomic E-state index is 13.1. The molecule has 0 N–H and O–H groups in total. The van der Waals surface area contributed by atoms with Gasteiger partial charge in [-0.2, -0.15) is 0 Å². The molecule has 2 heterocycles. The molecular formula is C21H18N2O6S. The van der Waals surface area contributed by atoms with Crippen LogP contribution < -0.4 is 4.90 Å². The van der Waals surface area contributed by atoms with Crippen molar-refractivity contribution in [3.63, 3.8) is 0 Å². The van der Waals surface area contributed by atoms with Crippen LogP contribution in [0.4, 0.5) is 5.69 Å². The van der Waals surface area contributed by atoms with Gasteiger partial charge in [0.1, 0.15) is 4.90 Å². The molecule has 0 spiro atoms. The van der Waals surface area contributed by atoms with Crippen LogP contribution in [0, 0.1) is 0 Å². The first kappa shape index (κ1) is 18.8. The van der Waals surface area contributed by atoms with Crippen LogP contribution in [0.2, 0.25) is 0 Å². The van der Waals surface area contributed by atoms with Crippen LogP contribution in [0.15, 0.2) is 41.3 Å². The fraction of sp³-hybridized carbons (Fsp3) is 0.286. The molecule has 0 saturated heterocycles. The molecule has 0 bridgehead atoms. The number of amides is 2. The minimum absolute atomic E-state index is 0.106. The second-order valence-electron chi connectivity index (χ2n) is 7.59. The maximum Gasteiger partial charge on any atom is 0.337 e. The molecule has 3 aliphatic rings. The molecule has 154 valence electrons. The number of fused-ring (bicyclic) bond motifs is 2. The Morgan fingerprint density at radius 3 is 2.50 bits per heavy atom. The van der Waals surface area contributed by atoms with E-state index in [4.69, 9.17) is 4.74 Å². The van der Waals surface area contributed by atoms with Crippen molar-refractivity contribution in [3.05, 3.63) is 58.7 Å². The number of carbonyl (C=O) groups excluding carboxylic acids is 3. The number of hydrogen-bond acceptors (Lipinski definition) is 6. The smallest absolute Gasteiger partial charge is 0.337 e. The molecule has 9 heteroatoms. The lowest BCUT2D eigenvalue weighted by Crippen LogP contribution is -2.32. The lowest BCUT2D eigenvalue weighted by molar-refractivity contribution is 0.0600. The summed E-state index contributed by atoms with van der Waals surface area (Å²) in [6.45, 7) is 0.412. The van der Waals surface area contributed by atoms with Gasteiger partial charge < -0.3 is 9.64 Å². The first-order valence-corrected chi connectivity index (χ1v) is 11.0. The van der Waals surface area contributed by atoms with Crippen molar-refractivity contribution in [2.24, 2.45) is 0 Å². The summed E-state index contributed by atoms with van der Waals surface area (Å²) in [5, 5.41) is 0. The van der Waals surface area contributed by atoms with Gasteiger partial charge in [0.2, 0.25) is 0 Å². The lowest BCUT2D eigenvalue weighted by atomic mass is 10.1. The van der Waals surface area contributed by atoms with E-state index < -0.39 is 21.9 Å². The van der Waals surface area contributed by atoms with E-state index in [9.17, 15) is 22.8 Å². The van der Waals surface area contributed by atoms with Gasteiger partial charge in [-0.1, -0.05) is 0 Å². The summed E-state index contributed by atoms with van der Waals surface area (Å²) >= 11 is 0. The van der Waals surface area contributed by atoms with Gasteiger partial charge in [0.15, 0.2) is 0 Å². The average molecular weight is 426 g/mol. The summed E-state index contributed by atoms with van der Waals surface area (Å²) in [7, 11) is -2.62. The first-order valence-electron chi connectivity index (χ1n) is 9.59. The van der Waals surface area contributed by atoms with Crippen molar-refractivity contribution in [2.45, 2.75) is 30.2 Å². The Morgan fingerprint density at radius 2 is 1.80 bits per heavy atom. The fourth-order valence-electron chi connectivity index (χ4n) is 4.06. The molecule has 2 amide bonds. The predicted octanol–water partition coefficient (Wildman–Crippen LogP) is 1.98. The van der Waals surface area contributed by atoms with Gasteiger partial charge in [-0.15, -0.1) is 0 Å². The van der Waals surface area contributed by atoms with Crippen molar-refractivity contribution in [1.82, 2.24) is 4.31 Å². The molecular weight excluding hydrogens is 408 g/mol. The maximum absolute atomic E-state index is 13.1. The van der Waals surface area contributed by atoms with Crippen LogP contribution in [0.1, 0.15) is 49.5 Å². The topological polar surface area (TPSA) is 101 Å². The Morgan fingerprint density at radius 1 is 1.07 bits per heavy atom. The van der Waals surface area contributed by atoms with E-state index in [0.717, 1.165) is 9.87 Å². The van der Waals surface area contributed by atoms with Crippen LogP contribution >= 0.6 is 0 Å². The van der Waals surface area contributed by atoms with Crippen LogP contribution in [0.5, 0.6) is 0 Å². The van der Waals surface area contributed by atoms with E-state index >= 15 is 0 Å². The molecule has 8 nitrogen and oxygen atoms in total. The van der Waals surface area contributed by atoms with Crippen molar-refractivity contribution >= 4 is 33.5 Å². The number of esters is 1. The molecule has 2 aromatic carbocycles. The highest BCUT2D eigenvalue weighted by Gasteiger charge is 2.49. The number of anilines is 1. The van der Waals surface area contributed by atoms with E-state index in [1.54, 1.807) is 23.1 Å². The van der Waals surface area contributed by atoms with Crippen molar-refractivity contribution in [2.75, 3.05) is 18.6 Å². The van der Waals surface area contributed by atoms with E-state index in [0.29, 0.717) is 37.1 Å². The number of methoxy groups -OCH3 is 1. The molecule has 0 radical (unpaired) electrons. The standard InChI is InChI=1S/C21H18N2O6S/c1-29-21(26)14-3-7-17-12(10-14)8-9-22(17)19(24)13-2-6-16-18(11-13)30(27,28)23(20(16)25)15-4-5-15/h2-3,6-7,10-11,15H,4-5,8-9H2,1H3. The van der Waals surface area contributed by atoms with Crippen molar-refractivity contribution in [3.8, 4) is 0 Å². The summed E-state index contributed by atoms with van der Waals surface area (Å²) in [5.41, 5.74) is 2.24. The zero-order valence-electron chi connectivity index (χ0n) is 16.1. The minimum atomic E-state index is -3.93. The molecule has 1 aliphatic carbocycles. The summed E-state index contributed by atoms with van der Waals surface area (Å²) in [6.07, 6.45) is 1.91. The molecule has 30 heavy (non-hydrogen) atoms. The van der Waals surface area contributed by atoms with Crippen LogP contribution in [0.25, 0.3) is 0 Å². The number of nitrogens with zero attached hydrogens (tertiary/aromatic N) is 2. The second-order valence-corrected chi connectivity index (χ2v) is 9.37. The number of hydrogen-bond donors (Lipinski definition) is 0. The molecule has 1 saturated carbocycles. The van der Waals surface area contributed by atoms with Crippen LogP contribution in [0.3, 0.4) is 0 Å². The average Bonchev–Trinajstić information content (AvgIpc) is 3.44. The normalized spacial score (nSPS) is 18.9. The Balaban J connectivity index is 1.48. The van der Waals surface area contributed by atoms with E-state index in [2.05, 4.69) is 0 Å². The van der Waals surface area contributed by atoms with Gasteiger partial charge in [-0.25, -0.2) is 17.5 Å². The number of benzene rings is 2. The third-order valence-electron chi connectivity index (χ3n) is 5.72. The molecule has 2 aromatic rings. The SMILES string of the molecule is COC(=O)c1ccc2c(c1)CCN2C(=O)c1ccc2c(c1)S(=O)(=O)N(C1CC1)C2=O. The number of rotatable bonds is 3. The van der Waals surface area contributed by atoms with Gasteiger partial charge in [0.05, 0.1) is 18.2 Å². The monoisotopic (exact) mass is 426 g/mol. The van der Waals surface area contributed by atoms with Gasteiger partial charge >= 0.3 is 5.97 Å². The quantitative estimate of drug-likeness (QED) is 0.696. The Kier molecular flexibility index (Phi) is 4.01. The third kappa shape index (κ3) is 2.65. The molecule has 1 fully saturated rings. The van der Waals surface area contributed by atoms with Gasteiger partial charge in [-0.3, -0.25) is 9.59 Å². The Bertz CT molecular complexity index is 1230. The number of sulfonamides is 1. The van der Waals surface area contributed by atoms with Crippen molar-refractivity contribution in [1.29, 1.82) is 0 Å². The summed E-state index contributed by atoms with van der Waals surface area (Å²) in [4.78, 5) is 38.8. The molecule has 0 aromatic heterocycles. The summed E-state index contributed by atoms with van der Waals surface area (Å²) in [6, 6.07) is 8.92. The molecule has 2 aliphatic heterocycles. The fourth-order valence-corrected chi connectivity index (χ4v) is 5.90. The number of ether oxygens (including phenoxy) is 1. The molecule has 0 unspecified atom stereocenters. The summed E-state index contributed by atoms with van der Waals surface area (Å²) < 4.78 is 31.4. The largest absolute Gasteiger partial charge is 0.465 e. The molecule has 5 rings (SSSR count). The Hall–Kier alpha value is -3.20. The highest BCUT2D eigenvalue weighted by molar-refractivity contribution is 7.90. The van der Waals surface area contributed by atoms with Gasteiger partial charge in [0, 0.05) is 23.8 Å². The van der Waals surface area contributed by atoms with E-state index in [1.807, 2.05) is 0 Å². The third-order valence-corrected chi connectivity index (χ3v) is 7.59. The van der Waals surface area contributed by atoms with E-state index in [1.165, 1.54) is 25.3 Å². The Labute approximate surface area is 173 Å². The zero-order chi connectivity index (χ0) is 21.2. The number of carbonyl (C=O) groups is 3. The van der Waals surface area contributed by atoms with E-state index in [-0.39, 0.29) is 28.0 Å². The highest BCUT2D eigenvalue weighted by Crippen LogP contribution is 2.40. The predicted molar refractivity (Wildman–Crippen MR) is 106 cm³/mol. The highest BCUT2D eigenvalue weighted by atomic mass is 32.2. The van der Waals surface area contributed by atoms with Crippen molar-refractivity contribution < 1.29 is 27.5 Å². The first-order chi connectivity index (χ1) is 14.3. The lowest BCUT2D eigenvalue weighted by Gasteiger charge is -2.18. The second kappa shape index (κ2) is 6.40. The zero-order valence-corrected chi connectivity index (χ0v) is 16.9. The minimum Gasteiger partial charge on any atom is -0.465 e.